The van der Waals surface area contributed by atoms with Gasteiger partial charge in [0.25, 0.3) is 0 Å². The molecule has 31 heavy (non-hydrogen) atoms. The molecule has 0 N–H and O–H groups in total. The van der Waals surface area contributed by atoms with Crippen LogP contribution in [0.5, 0.6) is 0 Å². The summed E-state index contributed by atoms with van der Waals surface area (Å²) < 4.78 is 14.2. The van der Waals surface area contributed by atoms with Crippen LogP contribution in [0.25, 0.3) is 11.1 Å². The second-order valence-corrected chi connectivity index (χ2v) is 8.87. The normalized spacial score (nSPS) is 18.5. The van der Waals surface area contributed by atoms with E-state index in [1.165, 1.54) is 54.9 Å². The van der Waals surface area contributed by atoms with Crippen molar-refractivity contribution in [1.29, 1.82) is 5.26 Å². The van der Waals surface area contributed by atoms with Crippen molar-refractivity contribution in [2.75, 3.05) is 0 Å². The van der Waals surface area contributed by atoms with Crippen molar-refractivity contribution >= 4 is 0 Å². The molecule has 2 heteroatoms. The van der Waals surface area contributed by atoms with E-state index in [2.05, 4.69) is 43.3 Å². The molecule has 0 aromatic heterocycles. The van der Waals surface area contributed by atoms with Gasteiger partial charge in [0, 0.05) is 5.56 Å². The molecular weight excluding hydrogens is 381 g/mol. The summed E-state index contributed by atoms with van der Waals surface area (Å²) in [5, 5.41) is 8.90. The summed E-state index contributed by atoms with van der Waals surface area (Å²) in [4.78, 5) is 0. The zero-order valence-electron chi connectivity index (χ0n) is 18.3. The van der Waals surface area contributed by atoms with Gasteiger partial charge in [-0.05, 0) is 84.7 Å². The minimum Gasteiger partial charge on any atom is -0.206 e. The Morgan fingerprint density at radius 3 is 2.00 bits per heavy atom. The molecule has 1 aliphatic carbocycles. The first kappa shape index (κ1) is 21.3. The number of hydrogen-bond acceptors (Lipinski definition) is 1. The fraction of sp³-hybridized carbons (Fsp3) is 0.345. The van der Waals surface area contributed by atoms with Gasteiger partial charge >= 0.3 is 0 Å². The maximum atomic E-state index is 14.2. The fourth-order valence-corrected chi connectivity index (χ4v) is 4.82. The lowest BCUT2D eigenvalue weighted by molar-refractivity contribution is 0.319. The number of nitrogens with zero attached hydrogens (tertiary/aromatic N) is 1. The quantitative estimate of drug-likeness (QED) is 0.405. The van der Waals surface area contributed by atoms with Crippen LogP contribution < -0.4 is 0 Å². The zero-order chi connectivity index (χ0) is 21.6. The molecule has 0 amide bonds. The molecule has 4 rings (SSSR count). The molecule has 0 spiro atoms. The van der Waals surface area contributed by atoms with Gasteiger partial charge in [-0.3, -0.25) is 0 Å². The van der Waals surface area contributed by atoms with E-state index >= 15 is 0 Å². The number of nitriles is 1. The molecule has 0 radical (unpaired) electrons. The molecule has 3 aromatic carbocycles. The third kappa shape index (κ3) is 5.23. The molecule has 0 bridgehead atoms. The van der Waals surface area contributed by atoms with Gasteiger partial charge in [-0.15, -0.1) is 0 Å². The summed E-state index contributed by atoms with van der Waals surface area (Å²) in [5.74, 6) is 1.33. The predicted octanol–water partition coefficient (Wildman–Crippen LogP) is 7.83. The summed E-state index contributed by atoms with van der Waals surface area (Å²) >= 11 is 0. The molecule has 0 atom stereocenters. The monoisotopic (exact) mass is 411 g/mol. The summed E-state index contributed by atoms with van der Waals surface area (Å²) in [6.45, 7) is 2.32. The summed E-state index contributed by atoms with van der Waals surface area (Å²) in [6, 6.07) is 24.0. The van der Waals surface area contributed by atoms with Crippen LogP contribution in [0.1, 0.15) is 67.2 Å². The van der Waals surface area contributed by atoms with Crippen molar-refractivity contribution in [3.63, 3.8) is 0 Å². The molecular formula is C29H30FN. The molecule has 1 saturated carbocycles. The minimum atomic E-state index is -0.352. The Balaban J connectivity index is 1.34. The van der Waals surface area contributed by atoms with Crippen LogP contribution in [0.4, 0.5) is 4.39 Å². The maximum Gasteiger partial charge on any atom is 0.132 e. The van der Waals surface area contributed by atoms with Gasteiger partial charge in [-0.25, -0.2) is 4.39 Å². The minimum absolute atomic E-state index is 0.345. The Morgan fingerprint density at radius 1 is 0.839 bits per heavy atom. The van der Waals surface area contributed by atoms with E-state index in [0.717, 1.165) is 30.2 Å². The first-order valence-corrected chi connectivity index (χ1v) is 11.5. The molecule has 0 saturated heterocycles. The summed E-state index contributed by atoms with van der Waals surface area (Å²) in [5.41, 5.74) is 5.85. The lowest BCUT2D eigenvalue weighted by atomic mass is 9.78. The van der Waals surface area contributed by atoms with Crippen LogP contribution in [0.2, 0.25) is 0 Å². The van der Waals surface area contributed by atoms with Crippen LogP contribution in [-0.4, -0.2) is 0 Å². The van der Waals surface area contributed by atoms with Crippen molar-refractivity contribution in [2.24, 2.45) is 5.92 Å². The first-order valence-electron chi connectivity index (χ1n) is 11.5. The maximum absolute atomic E-state index is 14.2. The number of aryl methyl sites for hydroxylation is 2. The third-order valence-electron chi connectivity index (χ3n) is 6.94. The number of hydrogen-bond donors (Lipinski definition) is 0. The molecule has 0 heterocycles. The summed E-state index contributed by atoms with van der Waals surface area (Å²) in [6.07, 6.45) is 8.74. The first-order chi connectivity index (χ1) is 15.2. The molecule has 1 fully saturated rings. The molecule has 3 aromatic rings. The van der Waals surface area contributed by atoms with Crippen LogP contribution in [0, 0.1) is 23.1 Å². The van der Waals surface area contributed by atoms with E-state index in [9.17, 15) is 4.39 Å². The second kappa shape index (κ2) is 9.92. The Labute approximate surface area is 185 Å². The number of benzene rings is 3. The highest BCUT2D eigenvalue weighted by Crippen LogP contribution is 2.37. The molecule has 158 valence electrons. The van der Waals surface area contributed by atoms with Crippen LogP contribution in [-0.2, 0) is 12.8 Å². The van der Waals surface area contributed by atoms with Crippen molar-refractivity contribution in [3.05, 3.63) is 94.8 Å². The van der Waals surface area contributed by atoms with E-state index in [0.29, 0.717) is 11.1 Å². The average Bonchev–Trinajstić information content (AvgIpc) is 2.83. The SMILES string of the molecule is CC[C@H]1CC[C@H](c2ccc(CCc3ccc(-c4ccc(C#N)cc4F)cc3)cc2)CC1. The standard InChI is InChI=1S/C29H30FN/c1-2-21-5-12-25(13-6-21)26-14-7-22(8-15-26)3-4-23-9-16-27(17-10-23)28-18-11-24(20-31)19-29(28)30/h7-11,14-19,21,25H,2-6,12-13H2,1H3/t21-,25-. The van der Waals surface area contributed by atoms with Gasteiger partial charge in [0.1, 0.15) is 5.82 Å². The van der Waals surface area contributed by atoms with E-state index in [4.69, 9.17) is 5.26 Å². The molecule has 1 nitrogen and oxygen atoms in total. The van der Waals surface area contributed by atoms with Gasteiger partial charge in [0.2, 0.25) is 0 Å². The highest BCUT2D eigenvalue weighted by atomic mass is 19.1. The summed E-state index contributed by atoms with van der Waals surface area (Å²) in [7, 11) is 0. The van der Waals surface area contributed by atoms with E-state index in [-0.39, 0.29) is 5.82 Å². The smallest absolute Gasteiger partial charge is 0.132 e. The van der Waals surface area contributed by atoms with Crippen LogP contribution in [0.15, 0.2) is 66.7 Å². The van der Waals surface area contributed by atoms with Gasteiger partial charge in [0.15, 0.2) is 0 Å². The van der Waals surface area contributed by atoms with Crippen molar-refractivity contribution in [2.45, 2.75) is 57.8 Å². The molecule has 0 unspecified atom stereocenters. The van der Waals surface area contributed by atoms with Crippen LogP contribution in [0.3, 0.4) is 0 Å². The van der Waals surface area contributed by atoms with Gasteiger partial charge in [-0.2, -0.15) is 5.26 Å². The Kier molecular flexibility index (Phi) is 6.82. The Morgan fingerprint density at radius 2 is 1.45 bits per heavy atom. The number of halogens is 1. The van der Waals surface area contributed by atoms with Gasteiger partial charge in [-0.1, -0.05) is 67.9 Å². The van der Waals surface area contributed by atoms with E-state index in [1.54, 1.807) is 12.1 Å². The van der Waals surface area contributed by atoms with E-state index in [1.807, 2.05) is 18.2 Å². The average molecular weight is 412 g/mol. The predicted molar refractivity (Wildman–Crippen MR) is 125 cm³/mol. The zero-order valence-corrected chi connectivity index (χ0v) is 18.3. The largest absolute Gasteiger partial charge is 0.206 e. The third-order valence-corrected chi connectivity index (χ3v) is 6.94. The molecule has 0 aliphatic heterocycles. The highest BCUT2D eigenvalue weighted by Gasteiger charge is 2.21. The Bertz CT molecular complexity index is 1040. The topological polar surface area (TPSA) is 23.8 Å². The number of rotatable bonds is 6. The fourth-order valence-electron chi connectivity index (χ4n) is 4.82. The van der Waals surface area contributed by atoms with Crippen molar-refractivity contribution in [1.82, 2.24) is 0 Å². The highest BCUT2D eigenvalue weighted by molar-refractivity contribution is 5.65. The lowest BCUT2D eigenvalue weighted by Crippen LogP contribution is -2.12. The lowest BCUT2D eigenvalue weighted by Gasteiger charge is -2.28. The second-order valence-electron chi connectivity index (χ2n) is 8.87. The van der Waals surface area contributed by atoms with Gasteiger partial charge < -0.3 is 0 Å². The van der Waals surface area contributed by atoms with E-state index < -0.39 is 0 Å². The van der Waals surface area contributed by atoms with Gasteiger partial charge in [0.05, 0.1) is 11.6 Å². The Hall–Kier alpha value is -2.92. The van der Waals surface area contributed by atoms with Crippen molar-refractivity contribution in [3.8, 4) is 17.2 Å². The molecule has 1 aliphatic rings. The van der Waals surface area contributed by atoms with Crippen molar-refractivity contribution < 1.29 is 4.39 Å². The van der Waals surface area contributed by atoms with Crippen LogP contribution >= 0.6 is 0 Å².